The number of H-pyrrole nitrogens is 1. The summed E-state index contributed by atoms with van der Waals surface area (Å²) in [5.41, 5.74) is 2.27. The first kappa shape index (κ1) is 17.3. The van der Waals surface area contributed by atoms with Gasteiger partial charge in [-0.3, -0.25) is 9.69 Å². The minimum absolute atomic E-state index is 0.171. The first-order chi connectivity index (χ1) is 11.7. The second kappa shape index (κ2) is 6.43. The Morgan fingerprint density at radius 1 is 1.28 bits per heavy atom. The van der Waals surface area contributed by atoms with Crippen molar-refractivity contribution in [3.05, 3.63) is 30.0 Å². The minimum Gasteiger partial charge on any atom is -0.444 e. The van der Waals surface area contributed by atoms with Gasteiger partial charge >= 0.3 is 6.09 Å². The lowest BCUT2D eigenvalue weighted by atomic mass is 10.2. The van der Waals surface area contributed by atoms with Crippen molar-refractivity contribution in [1.29, 1.82) is 0 Å². The van der Waals surface area contributed by atoms with Gasteiger partial charge < -0.3 is 15.0 Å². The van der Waals surface area contributed by atoms with Gasteiger partial charge in [-0.1, -0.05) is 0 Å². The molecule has 0 spiro atoms. The lowest BCUT2D eigenvalue weighted by Gasteiger charge is -2.28. The highest BCUT2D eigenvalue weighted by atomic mass is 16.6. The first-order valence-corrected chi connectivity index (χ1v) is 8.63. The molecule has 2 aromatic rings. The molecule has 1 atom stereocenters. The third kappa shape index (κ3) is 3.95. The number of anilines is 1. The van der Waals surface area contributed by atoms with E-state index in [4.69, 9.17) is 4.74 Å². The summed E-state index contributed by atoms with van der Waals surface area (Å²) in [6.07, 6.45) is 1.02. The molecule has 25 heavy (non-hydrogen) atoms. The number of aromatic amines is 1. The molecule has 1 aliphatic rings. The number of fused-ring (bicyclic) bond motifs is 1. The molecular weight excluding hydrogens is 318 g/mol. The smallest absolute Gasteiger partial charge is 0.410 e. The number of amides is 2. The maximum atomic E-state index is 12.7. The van der Waals surface area contributed by atoms with Crippen LogP contribution in [0.2, 0.25) is 0 Å². The number of nitrogens with zero attached hydrogens (tertiary/aromatic N) is 1. The van der Waals surface area contributed by atoms with Crippen LogP contribution in [0.15, 0.2) is 24.3 Å². The average Bonchev–Trinajstić information content (AvgIpc) is 3.10. The molecule has 1 aliphatic heterocycles. The van der Waals surface area contributed by atoms with E-state index in [9.17, 15) is 9.59 Å². The monoisotopic (exact) mass is 343 g/mol. The van der Waals surface area contributed by atoms with Crippen molar-refractivity contribution in [2.24, 2.45) is 0 Å². The predicted octanol–water partition coefficient (Wildman–Crippen LogP) is 3.81. The Labute approximate surface area is 147 Å². The van der Waals surface area contributed by atoms with E-state index in [0.717, 1.165) is 28.7 Å². The molecular formula is C19H25N3O3. The first-order valence-electron chi connectivity index (χ1n) is 8.63. The fourth-order valence-corrected chi connectivity index (χ4v) is 3.16. The maximum absolute atomic E-state index is 12.7. The van der Waals surface area contributed by atoms with Crippen molar-refractivity contribution in [1.82, 2.24) is 9.88 Å². The molecule has 0 unspecified atom stereocenters. The van der Waals surface area contributed by atoms with Crippen LogP contribution < -0.4 is 5.32 Å². The van der Waals surface area contributed by atoms with E-state index in [-0.39, 0.29) is 5.91 Å². The largest absolute Gasteiger partial charge is 0.444 e. The molecule has 2 heterocycles. The van der Waals surface area contributed by atoms with Gasteiger partial charge in [0.2, 0.25) is 5.91 Å². The number of carbonyl (C=O) groups is 2. The van der Waals surface area contributed by atoms with Gasteiger partial charge in [-0.2, -0.15) is 0 Å². The van der Waals surface area contributed by atoms with Crippen LogP contribution in [0, 0.1) is 6.92 Å². The van der Waals surface area contributed by atoms with Gasteiger partial charge in [0.25, 0.3) is 0 Å². The Kier molecular flexibility index (Phi) is 4.45. The Morgan fingerprint density at radius 3 is 2.76 bits per heavy atom. The van der Waals surface area contributed by atoms with Gasteiger partial charge in [0.15, 0.2) is 0 Å². The quantitative estimate of drug-likeness (QED) is 0.870. The number of rotatable bonds is 2. The molecule has 1 fully saturated rings. The summed E-state index contributed by atoms with van der Waals surface area (Å²) in [5.74, 6) is -0.171. The molecule has 6 nitrogen and oxygen atoms in total. The maximum Gasteiger partial charge on any atom is 0.410 e. The molecule has 1 aromatic heterocycles. The zero-order chi connectivity index (χ0) is 18.2. The zero-order valence-electron chi connectivity index (χ0n) is 15.2. The summed E-state index contributed by atoms with van der Waals surface area (Å²) in [7, 11) is 0. The van der Waals surface area contributed by atoms with E-state index in [1.54, 1.807) is 0 Å². The molecule has 0 bridgehead atoms. The summed E-state index contributed by atoms with van der Waals surface area (Å²) in [5, 5.41) is 3.98. The van der Waals surface area contributed by atoms with Crippen molar-refractivity contribution in [2.45, 2.75) is 52.2 Å². The molecule has 0 saturated carbocycles. The van der Waals surface area contributed by atoms with Gasteiger partial charge in [0, 0.05) is 28.8 Å². The van der Waals surface area contributed by atoms with Crippen molar-refractivity contribution < 1.29 is 14.3 Å². The summed E-state index contributed by atoms with van der Waals surface area (Å²) in [6, 6.07) is 7.29. The molecule has 2 N–H and O–H groups in total. The predicted molar refractivity (Wildman–Crippen MR) is 97.6 cm³/mol. The fraction of sp³-hybridized carbons (Fsp3) is 0.474. The summed E-state index contributed by atoms with van der Waals surface area (Å²) >= 11 is 0. The fourth-order valence-electron chi connectivity index (χ4n) is 3.16. The average molecular weight is 343 g/mol. The number of likely N-dealkylation sites (tertiary alicyclic amines) is 1. The van der Waals surface area contributed by atoms with Crippen LogP contribution in [0.5, 0.6) is 0 Å². The van der Waals surface area contributed by atoms with Crippen LogP contribution >= 0.6 is 0 Å². The standard InChI is InChI=1S/C19H25N3O3/c1-12-10-13-11-14(7-8-15(13)20-12)21-17(23)16-6-5-9-22(16)18(24)25-19(2,3)4/h7-8,10-11,16,20H,5-6,9H2,1-4H3,(H,21,23)/t16-/m1/s1. The van der Waals surface area contributed by atoms with E-state index in [0.29, 0.717) is 13.0 Å². The van der Waals surface area contributed by atoms with Crippen molar-refractivity contribution >= 4 is 28.6 Å². The number of benzene rings is 1. The minimum atomic E-state index is -0.572. The molecule has 6 heteroatoms. The Bertz CT molecular complexity index is 804. The normalized spacial score (nSPS) is 17.8. The number of carbonyl (C=O) groups excluding carboxylic acids is 2. The molecule has 2 amide bonds. The summed E-state index contributed by atoms with van der Waals surface area (Å²) in [6.45, 7) is 8.01. The number of aromatic nitrogens is 1. The van der Waals surface area contributed by atoms with Crippen molar-refractivity contribution in [3.8, 4) is 0 Å². The van der Waals surface area contributed by atoms with E-state index in [1.807, 2.05) is 52.0 Å². The summed E-state index contributed by atoms with van der Waals surface area (Å²) in [4.78, 5) is 29.8. The van der Waals surface area contributed by atoms with E-state index in [2.05, 4.69) is 10.3 Å². The van der Waals surface area contributed by atoms with Gasteiger partial charge in [-0.15, -0.1) is 0 Å². The van der Waals surface area contributed by atoms with Gasteiger partial charge in [0.1, 0.15) is 11.6 Å². The summed E-state index contributed by atoms with van der Waals surface area (Å²) < 4.78 is 5.42. The van der Waals surface area contributed by atoms with Crippen molar-refractivity contribution in [2.75, 3.05) is 11.9 Å². The van der Waals surface area contributed by atoms with E-state index in [1.165, 1.54) is 4.90 Å². The van der Waals surface area contributed by atoms with Gasteiger partial charge in [-0.05, 0) is 64.8 Å². The number of hydrogen-bond donors (Lipinski definition) is 2. The highest BCUT2D eigenvalue weighted by molar-refractivity contribution is 5.98. The lowest BCUT2D eigenvalue weighted by molar-refractivity contribution is -0.120. The highest BCUT2D eigenvalue weighted by Crippen LogP contribution is 2.24. The SMILES string of the molecule is Cc1cc2cc(NC(=O)[C@H]3CCCN3C(=O)OC(C)(C)C)ccc2[nH]1. The van der Waals surface area contributed by atoms with Crippen LogP contribution in [0.3, 0.4) is 0 Å². The second-order valence-corrected chi connectivity index (χ2v) is 7.58. The van der Waals surface area contributed by atoms with Gasteiger partial charge in [-0.25, -0.2) is 4.79 Å². The van der Waals surface area contributed by atoms with Crippen LogP contribution in [0.25, 0.3) is 10.9 Å². The number of nitrogens with one attached hydrogen (secondary N) is 2. The van der Waals surface area contributed by atoms with Crippen molar-refractivity contribution in [3.63, 3.8) is 0 Å². The van der Waals surface area contributed by atoms with Crippen LogP contribution in [-0.2, 0) is 9.53 Å². The zero-order valence-corrected chi connectivity index (χ0v) is 15.2. The molecule has 1 saturated heterocycles. The third-order valence-corrected chi connectivity index (χ3v) is 4.21. The highest BCUT2D eigenvalue weighted by Gasteiger charge is 2.36. The van der Waals surface area contributed by atoms with Crippen LogP contribution in [0.1, 0.15) is 39.3 Å². The molecule has 134 valence electrons. The van der Waals surface area contributed by atoms with Gasteiger partial charge in [0.05, 0.1) is 0 Å². The third-order valence-electron chi connectivity index (χ3n) is 4.21. The molecule has 3 rings (SSSR count). The second-order valence-electron chi connectivity index (χ2n) is 7.58. The number of aryl methyl sites for hydroxylation is 1. The molecule has 0 radical (unpaired) electrons. The topological polar surface area (TPSA) is 74.4 Å². The van der Waals surface area contributed by atoms with E-state index < -0.39 is 17.7 Å². The van der Waals surface area contributed by atoms with Crippen LogP contribution in [-0.4, -0.2) is 40.1 Å². The molecule has 0 aliphatic carbocycles. The number of hydrogen-bond acceptors (Lipinski definition) is 3. The van der Waals surface area contributed by atoms with Crippen LogP contribution in [0.4, 0.5) is 10.5 Å². The van der Waals surface area contributed by atoms with E-state index >= 15 is 0 Å². The Morgan fingerprint density at radius 2 is 2.04 bits per heavy atom. The Hall–Kier alpha value is -2.50. The lowest BCUT2D eigenvalue weighted by Crippen LogP contribution is -2.45. The number of ether oxygens (including phenoxy) is 1. The Balaban J connectivity index is 1.71. The molecule has 1 aromatic carbocycles.